The number of aromatic nitrogens is 1. The first-order valence-corrected chi connectivity index (χ1v) is 12.3. The van der Waals surface area contributed by atoms with Gasteiger partial charge >= 0.3 is 0 Å². The van der Waals surface area contributed by atoms with E-state index in [0.29, 0.717) is 12.1 Å². The van der Waals surface area contributed by atoms with E-state index in [1.54, 1.807) is 6.92 Å². The Kier molecular flexibility index (Phi) is 7.03. The molecule has 1 fully saturated rings. The molecule has 1 amide bonds. The van der Waals surface area contributed by atoms with Crippen molar-refractivity contribution in [3.63, 3.8) is 0 Å². The summed E-state index contributed by atoms with van der Waals surface area (Å²) >= 11 is 0. The Bertz CT molecular complexity index is 848. The minimum Gasteiger partial charge on any atom is -0.360 e. The molecule has 0 aliphatic carbocycles. The first-order valence-electron chi connectivity index (χ1n) is 8.99. The molecule has 1 aliphatic rings. The van der Waals surface area contributed by atoms with Gasteiger partial charge in [0.2, 0.25) is 15.9 Å². The quantitative estimate of drug-likeness (QED) is 0.568. The summed E-state index contributed by atoms with van der Waals surface area (Å²) in [7, 11) is -7.19. The second-order valence-corrected chi connectivity index (χ2v) is 10.8. The first kappa shape index (κ1) is 21.8. The third-order valence-corrected chi connectivity index (χ3v) is 8.30. The molecule has 1 aliphatic heterocycles. The van der Waals surface area contributed by atoms with Gasteiger partial charge in [-0.15, -0.1) is 0 Å². The van der Waals surface area contributed by atoms with Gasteiger partial charge in [0.15, 0.2) is 15.6 Å². The fourth-order valence-electron chi connectivity index (χ4n) is 3.07. The lowest BCUT2D eigenvalue weighted by Gasteiger charge is -2.33. The number of nitrogens with zero attached hydrogens (tertiary/aromatic N) is 3. The number of aryl methyl sites for hydroxylation is 2. The molecular weight excluding hydrogens is 394 g/mol. The topological polar surface area (TPSA) is 118 Å². The molecule has 0 aromatic carbocycles. The highest BCUT2D eigenvalue weighted by molar-refractivity contribution is 7.92. The van der Waals surface area contributed by atoms with E-state index in [4.69, 9.17) is 4.52 Å². The van der Waals surface area contributed by atoms with Crippen LogP contribution in [0.4, 0.5) is 0 Å². The second-order valence-electron chi connectivity index (χ2n) is 6.74. The molecule has 0 N–H and O–H groups in total. The monoisotopic (exact) mass is 421 g/mol. The van der Waals surface area contributed by atoms with Crippen molar-refractivity contribution in [2.75, 3.05) is 37.7 Å². The molecule has 2 heterocycles. The number of sulfonamides is 1. The molecule has 0 saturated carbocycles. The Labute approximate surface area is 160 Å². The van der Waals surface area contributed by atoms with Crippen LogP contribution in [-0.4, -0.2) is 74.8 Å². The summed E-state index contributed by atoms with van der Waals surface area (Å²) < 4.78 is 55.8. The average Bonchev–Trinajstić information content (AvgIpc) is 2.94. The summed E-state index contributed by atoms with van der Waals surface area (Å²) in [6.45, 7) is 5.61. The molecule has 1 saturated heterocycles. The van der Waals surface area contributed by atoms with Crippen LogP contribution in [0.3, 0.4) is 0 Å². The summed E-state index contributed by atoms with van der Waals surface area (Å²) in [4.78, 5) is 13.8. The highest BCUT2D eigenvalue weighted by Crippen LogP contribution is 2.24. The maximum atomic E-state index is 12.8. The van der Waals surface area contributed by atoms with Crippen LogP contribution in [0.1, 0.15) is 37.6 Å². The summed E-state index contributed by atoms with van der Waals surface area (Å²) in [5, 5.41) is 3.68. The van der Waals surface area contributed by atoms with Crippen LogP contribution in [0.2, 0.25) is 0 Å². The maximum Gasteiger partial charge on any atom is 0.248 e. The summed E-state index contributed by atoms with van der Waals surface area (Å²) in [5.74, 6) is -0.759. The first-order chi connectivity index (χ1) is 12.6. The third-order valence-electron chi connectivity index (χ3n) is 4.56. The van der Waals surface area contributed by atoms with Gasteiger partial charge < -0.3 is 9.42 Å². The summed E-state index contributed by atoms with van der Waals surface area (Å²) in [6.07, 6.45) is 2.27. The second kappa shape index (κ2) is 8.70. The van der Waals surface area contributed by atoms with Crippen molar-refractivity contribution in [3.05, 3.63) is 11.5 Å². The predicted octanol–water partition coefficient (Wildman–Crippen LogP) is 0.729. The van der Waals surface area contributed by atoms with Crippen molar-refractivity contribution >= 4 is 25.8 Å². The molecular formula is C16H27N3O6S2. The number of unbranched alkanes of at least 4 members (excludes halogenated alkanes) is 2. The van der Waals surface area contributed by atoms with E-state index < -0.39 is 31.5 Å². The number of carbonyl (C=O) groups excluding carboxylic acids is 1. The van der Waals surface area contributed by atoms with Gasteiger partial charge in [-0.05, 0) is 20.3 Å². The number of hydrogen-bond donors (Lipinski definition) is 0. The molecule has 0 unspecified atom stereocenters. The van der Waals surface area contributed by atoms with Crippen LogP contribution in [0.15, 0.2) is 9.42 Å². The van der Waals surface area contributed by atoms with E-state index in [1.165, 1.54) is 16.1 Å². The summed E-state index contributed by atoms with van der Waals surface area (Å²) in [5.41, 5.74) is 0.296. The Morgan fingerprint density at radius 3 is 2.22 bits per heavy atom. The SMILES string of the molecule is CCCCCS(=O)(=O)CC(=O)N1CCN(S(=O)(=O)c2c(C)noc2C)CC1. The molecule has 9 nitrogen and oxygen atoms in total. The van der Waals surface area contributed by atoms with Gasteiger partial charge in [-0.2, -0.15) is 4.31 Å². The largest absolute Gasteiger partial charge is 0.360 e. The van der Waals surface area contributed by atoms with Crippen molar-refractivity contribution in [2.45, 2.75) is 44.9 Å². The van der Waals surface area contributed by atoms with Crippen molar-refractivity contribution < 1.29 is 26.2 Å². The van der Waals surface area contributed by atoms with Gasteiger partial charge in [-0.25, -0.2) is 16.8 Å². The molecule has 2 rings (SSSR count). The average molecular weight is 422 g/mol. The number of carbonyl (C=O) groups is 1. The molecule has 0 bridgehead atoms. The van der Waals surface area contributed by atoms with Gasteiger partial charge in [-0.1, -0.05) is 24.9 Å². The van der Waals surface area contributed by atoms with E-state index in [2.05, 4.69) is 5.16 Å². The van der Waals surface area contributed by atoms with E-state index in [-0.39, 0.29) is 42.6 Å². The van der Waals surface area contributed by atoms with Crippen molar-refractivity contribution in [2.24, 2.45) is 0 Å². The van der Waals surface area contributed by atoms with Crippen molar-refractivity contribution in [1.29, 1.82) is 0 Å². The van der Waals surface area contributed by atoms with Gasteiger partial charge in [0, 0.05) is 26.2 Å². The lowest BCUT2D eigenvalue weighted by molar-refractivity contribution is -0.129. The minimum absolute atomic E-state index is 0.00691. The lowest BCUT2D eigenvalue weighted by Crippen LogP contribution is -2.51. The van der Waals surface area contributed by atoms with Crippen LogP contribution in [0.25, 0.3) is 0 Å². The van der Waals surface area contributed by atoms with Gasteiger partial charge in [0.1, 0.15) is 16.3 Å². The minimum atomic E-state index is -3.76. The zero-order chi connectivity index (χ0) is 20.2. The molecule has 0 spiro atoms. The van der Waals surface area contributed by atoms with Crippen LogP contribution in [0.5, 0.6) is 0 Å². The molecule has 154 valence electrons. The normalized spacial score (nSPS) is 16.6. The molecule has 0 radical (unpaired) electrons. The molecule has 1 aromatic rings. The number of hydrogen-bond acceptors (Lipinski definition) is 7. The Morgan fingerprint density at radius 2 is 1.70 bits per heavy atom. The zero-order valence-electron chi connectivity index (χ0n) is 16.0. The van der Waals surface area contributed by atoms with Crippen LogP contribution < -0.4 is 0 Å². The van der Waals surface area contributed by atoms with Gasteiger partial charge in [-0.3, -0.25) is 4.79 Å². The van der Waals surface area contributed by atoms with E-state index >= 15 is 0 Å². The Morgan fingerprint density at radius 1 is 1.07 bits per heavy atom. The fraction of sp³-hybridized carbons (Fsp3) is 0.750. The van der Waals surface area contributed by atoms with Crippen molar-refractivity contribution in [1.82, 2.24) is 14.4 Å². The van der Waals surface area contributed by atoms with Crippen LogP contribution in [0, 0.1) is 13.8 Å². The molecule has 0 atom stereocenters. The van der Waals surface area contributed by atoms with Crippen LogP contribution >= 0.6 is 0 Å². The fourth-order valence-corrected chi connectivity index (χ4v) is 6.13. The highest BCUT2D eigenvalue weighted by Gasteiger charge is 2.34. The van der Waals surface area contributed by atoms with E-state index in [9.17, 15) is 21.6 Å². The number of amides is 1. The smallest absolute Gasteiger partial charge is 0.248 e. The summed E-state index contributed by atoms with van der Waals surface area (Å²) in [6, 6.07) is 0. The maximum absolute atomic E-state index is 12.8. The van der Waals surface area contributed by atoms with E-state index in [0.717, 1.165) is 12.8 Å². The van der Waals surface area contributed by atoms with E-state index in [1.807, 2.05) is 6.92 Å². The van der Waals surface area contributed by atoms with Crippen LogP contribution in [-0.2, 0) is 24.7 Å². The zero-order valence-corrected chi connectivity index (χ0v) is 17.6. The lowest BCUT2D eigenvalue weighted by atomic mass is 10.3. The Hall–Kier alpha value is -1.46. The Balaban J connectivity index is 1.96. The molecule has 27 heavy (non-hydrogen) atoms. The predicted molar refractivity (Wildman–Crippen MR) is 99.5 cm³/mol. The number of sulfone groups is 1. The standard InChI is InChI=1S/C16H27N3O6S2/c1-4-5-6-11-26(21,22)12-15(20)18-7-9-19(10-8-18)27(23,24)16-13(2)17-25-14(16)3/h4-12H2,1-3H3. The highest BCUT2D eigenvalue weighted by atomic mass is 32.2. The van der Waals surface area contributed by atoms with Gasteiger partial charge in [0.05, 0.1) is 5.75 Å². The van der Waals surface area contributed by atoms with Crippen molar-refractivity contribution in [3.8, 4) is 0 Å². The molecule has 1 aromatic heterocycles. The number of piperazine rings is 1. The van der Waals surface area contributed by atoms with Gasteiger partial charge in [0.25, 0.3) is 0 Å². The molecule has 11 heteroatoms. The number of rotatable bonds is 8. The third kappa shape index (κ3) is 5.29.